The Bertz CT molecular complexity index is 867. The van der Waals surface area contributed by atoms with Gasteiger partial charge in [-0.15, -0.1) is 11.3 Å². The second-order valence-corrected chi connectivity index (χ2v) is 6.82. The third-order valence-electron chi connectivity index (χ3n) is 4.03. The lowest BCUT2D eigenvalue weighted by Gasteiger charge is -2.08. The highest BCUT2D eigenvalue weighted by atomic mass is 32.1. The third-order valence-corrected chi connectivity index (χ3v) is 5.07. The fourth-order valence-corrected chi connectivity index (χ4v) is 3.52. The molecule has 0 aliphatic carbocycles. The van der Waals surface area contributed by atoms with E-state index >= 15 is 0 Å². The smallest absolute Gasteiger partial charge is 0.161 e. The number of benzene rings is 2. The van der Waals surface area contributed by atoms with E-state index in [1.807, 2.05) is 36.5 Å². The normalized spacial score (nSPS) is 10.7. The molecule has 1 N–H and O–H groups in total. The van der Waals surface area contributed by atoms with Crippen molar-refractivity contribution in [3.8, 4) is 21.9 Å². The Kier molecular flexibility index (Phi) is 6.20. The molecule has 0 radical (unpaired) electrons. The van der Waals surface area contributed by atoms with Gasteiger partial charge in [0.05, 0.1) is 19.1 Å². The van der Waals surface area contributed by atoms with Gasteiger partial charge in [0.15, 0.2) is 11.5 Å². The van der Waals surface area contributed by atoms with Gasteiger partial charge >= 0.3 is 0 Å². The Balaban J connectivity index is 1.57. The van der Waals surface area contributed by atoms with Gasteiger partial charge in [0.25, 0.3) is 0 Å². The molecule has 1 heterocycles. The van der Waals surface area contributed by atoms with E-state index in [4.69, 9.17) is 9.47 Å². The molecule has 26 heavy (non-hydrogen) atoms. The van der Waals surface area contributed by atoms with Crippen LogP contribution in [0.2, 0.25) is 0 Å². The van der Waals surface area contributed by atoms with Gasteiger partial charge in [0, 0.05) is 12.7 Å². The maximum atomic E-state index is 13.6. The van der Waals surface area contributed by atoms with Gasteiger partial charge in [-0.2, -0.15) is 0 Å². The first-order valence-corrected chi connectivity index (χ1v) is 9.14. The molecule has 0 fully saturated rings. The lowest BCUT2D eigenvalue weighted by atomic mass is 10.1. The number of nitrogens with one attached hydrogen (secondary N) is 1. The Morgan fingerprint density at radius 3 is 2.65 bits per heavy atom. The van der Waals surface area contributed by atoms with Crippen molar-refractivity contribution >= 4 is 11.3 Å². The van der Waals surface area contributed by atoms with Crippen LogP contribution in [0.4, 0.5) is 4.39 Å². The Morgan fingerprint density at radius 1 is 1.08 bits per heavy atom. The van der Waals surface area contributed by atoms with Crippen LogP contribution >= 0.6 is 11.3 Å². The van der Waals surface area contributed by atoms with Crippen LogP contribution in [0.3, 0.4) is 0 Å². The van der Waals surface area contributed by atoms with Gasteiger partial charge in [-0.1, -0.05) is 18.2 Å². The quantitative estimate of drug-likeness (QED) is 0.599. The van der Waals surface area contributed by atoms with Gasteiger partial charge in [0.1, 0.15) is 10.8 Å². The molecular formula is C20H21FN2O2S. The summed E-state index contributed by atoms with van der Waals surface area (Å²) in [6.07, 6.45) is 2.51. The van der Waals surface area contributed by atoms with Crippen LogP contribution in [0, 0.1) is 5.82 Å². The van der Waals surface area contributed by atoms with Crippen molar-refractivity contribution in [2.75, 3.05) is 20.8 Å². The van der Waals surface area contributed by atoms with Gasteiger partial charge in [-0.05, 0) is 48.4 Å². The zero-order valence-corrected chi connectivity index (χ0v) is 15.6. The van der Waals surface area contributed by atoms with Gasteiger partial charge in [-0.3, -0.25) is 0 Å². The molecule has 0 saturated heterocycles. The van der Waals surface area contributed by atoms with Crippen LogP contribution in [0.1, 0.15) is 10.6 Å². The SMILES string of the molecule is COc1ccc(-c2cnc(CNCCc3ccccc3F)s2)cc1OC. The first-order valence-electron chi connectivity index (χ1n) is 8.32. The van der Waals surface area contributed by atoms with Crippen LogP contribution in [0.25, 0.3) is 10.4 Å². The highest BCUT2D eigenvalue weighted by Gasteiger charge is 2.09. The number of nitrogens with zero attached hydrogens (tertiary/aromatic N) is 1. The number of hydrogen-bond acceptors (Lipinski definition) is 5. The molecule has 1 aromatic heterocycles. The molecule has 4 nitrogen and oxygen atoms in total. The van der Waals surface area contributed by atoms with E-state index in [1.54, 1.807) is 31.6 Å². The van der Waals surface area contributed by atoms with E-state index in [0.717, 1.165) is 21.0 Å². The molecule has 2 aromatic carbocycles. The molecule has 0 spiro atoms. The number of thiazole rings is 1. The molecule has 0 unspecified atom stereocenters. The molecule has 0 atom stereocenters. The van der Waals surface area contributed by atoms with Crippen LogP contribution in [0.15, 0.2) is 48.7 Å². The molecule has 0 aliphatic rings. The average molecular weight is 372 g/mol. The highest BCUT2D eigenvalue weighted by molar-refractivity contribution is 7.15. The summed E-state index contributed by atoms with van der Waals surface area (Å²) in [6, 6.07) is 12.7. The Hall–Kier alpha value is -2.44. The number of halogens is 1. The molecule has 136 valence electrons. The average Bonchev–Trinajstić information content (AvgIpc) is 3.15. The summed E-state index contributed by atoms with van der Waals surface area (Å²) in [5.41, 5.74) is 1.77. The maximum absolute atomic E-state index is 13.6. The molecule has 6 heteroatoms. The van der Waals surface area contributed by atoms with Gasteiger partial charge in [0.2, 0.25) is 0 Å². The second-order valence-electron chi connectivity index (χ2n) is 5.71. The highest BCUT2D eigenvalue weighted by Crippen LogP contribution is 2.34. The number of hydrogen-bond donors (Lipinski definition) is 1. The van der Waals surface area contributed by atoms with Crippen molar-refractivity contribution in [3.63, 3.8) is 0 Å². The zero-order chi connectivity index (χ0) is 18.4. The molecule has 0 aliphatic heterocycles. The number of methoxy groups -OCH3 is 2. The second kappa shape index (κ2) is 8.78. The largest absolute Gasteiger partial charge is 0.493 e. The van der Waals surface area contributed by atoms with Crippen molar-refractivity contribution in [3.05, 3.63) is 65.0 Å². The minimum atomic E-state index is -0.153. The summed E-state index contributed by atoms with van der Waals surface area (Å²) < 4.78 is 24.2. The predicted octanol–water partition coefficient (Wildman–Crippen LogP) is 4.30. The Labute approximate surface area is 156 Å². The summed E-state index contributed by atoms with van der Waals surface area (Å²) >= 11 is 1.62. The van der Waals surface area contributed by atoms with E-state index in [-0.39, 0.29) is 5.82 Å². The number of aromatic nitrogens is 1. The Morgan fingerprint density at radius 2 is 1.88 bits per heavy atom. The van der Waals surface area contributed by atoms with E-state index < -0.39 is 0 Å². The van der Waals surface area contributed by atoms with E-state index in [0.29, 0.717) is 31.0 Å². The standard InChI is InChI=1S/C20H21FN2O2S/c1-24-17-8-7-15(11-18(17)25-2)19-12-23-20(26-19)13-22-10-9-14-5-3-4-6-16(14)21/h3-8,11-12,22H,9-10,13H2,1-2H3. The van der Waals surface area contributed by atoms with Crippen molar-refractivity contribution < 1.29 is 13.9 Å². The van der Waals surface area contributed by atoms with Crippen molar-refractivity contribution in [2.45, 2.75) is 13.0 Å². The fourth-order valence-electron chi connectivity index (χ4n) is 2.63. The van der Waals surface area contributed by atoms with Crippen LogP contribution < -0.4 is 14.8 Å². The number of ether oxygens (including phenoxy) is 2. The summed E-state index contributed by atoms with van der Waals surface area (Å²) in [5, 5.41) is 4.31. The first-order chi connectivity index (χ1) is 12.7. The van der Waals surface area contributed by atoms with Crippen LogP contribution in [-0.4, -0.2) is 25.7 Å². The van der Waals surface area contributed by atoms with Crippen LogP contribution in [-0.2, 0) is 13.0 Å². The lowest BCUT2D eigenvalue weighted by Crippen LogP contribution is -2.16. The van der Waals surface area contributed by atoms with E-state index in [9.17, 15) is 4.39 Å². The number of rotatable bonds is 8. The van der Waals surface area contributed by atoms with Gasteiger partial charge in [-0.25, -0.2) is 9.37 Å². The molecule has 0 bridgehead atoms. The summed E-state index contributed by atoms with van der Waals surface area (Å²) in [7, 11) is 3.24. The van der Waals surface area contributed by atoms with Gasteiger partial charge < -0.3 is 14.8 Å². The predicted molar refractivity (Wildman–Crippen MR) is 102 cm³/mol. The van der Waals surface area contributed by atoms with E-state index in [2.05, 4.69) is 10.3 Å². The monoisotopic (exact) mass is 372 g/mol. The lowest BCUT2D eigenvalue weighted by molar-refractivity contribution is 0.355. The summed E-state index contributed by atoms with van der Waals surface area (Å²) in [6.45, 7) is 1.36. The topological polar surface area (TPSA) is 43.4 Å². The molecule has 3 aromatic rings. The minimum Gasteiger partial charge on any atom is -0.493 e. The molecule has 0 amide bonds. The minimum absolute atomic E-state index is 0.153. The third kappa shape index (κ3) is 4.39. The molecular weight excluding hydrogens is 351 g/mol. The van der Waals surface area contributed by atoms with Crippen molar-refractivity contribution in [2.24, 2.45) is 0 Å². The van der Waals surface area contributed by atoms with E-state index in [1.165, 1.54) is 6.07 Å². The zero-order valence-electron chi connectivity index (χ0n) is 14.8. The van der Waals surface area contributed by atoms with Crippen LogP contribution in [0.5, 0.6) is 11.5 Å². The van der Waals surface area contributed by atoms with Crippen molar-refractivity contribution in [1.29, 1.82) is 0 Å². The molecule has 3 rings (SSSR count). The summed E-state index contributed by atoms with van der Waals surface area (Å²) in [5.74, 6) is 1.25. The molecule has 0 saturated carbocycles. The first kappa shape index (κ1) is 18.4. The fraction of sp³-hybridized carbons (Fsp3) is 0.250. The van der Waals surface area contributed by atoms with Crippen molar-refractivity contribution in [1.82, 2.24) is 10.3 Å². The maximum Gasteiger partial charge on any atom is 0.161 e. The summed E-state index contributed by atoms with van der Waals surface area (Å²) in [4.78, 5) is 5.53.